The first-order valence-corrected chi connectivity index (χ1v) is 8.99. The summed E-state index contributed by atoms with van der Waals surface area (Å²) in [6.07, 6.45) is 1.70. The van der Waals surface area contributed by atoms with E-state index in [-0.39, 0.29) is 23.5 Å². The lowest BCUT2D eigenvalue weighted by Crippen LogP contribution is -2.42. The van der Waals surface area contributed by atoms with E-state index in [4.69, 9.17) is 9.84 Å². The topological polar surface area (TPSA) is 66.8 Å². The molecule has 120 valence electrons. The van der Waals surface area contributed by atoms with Crippen molar-refractivity contribution in [2.75, 3.05) is 24.6 Å². The lowest BCUT2D eigenvalue weighted by atomic mass is 10.1. The van der Waals surface area contributed by atoms with Gasteiger partial charge in [-0.3, -0.25) is 9.59 Å². The molecule has 0 radical (unpaired) electrons. The van der Waals surface area contributed by atoms with Gasteiger partial charge in [-0.05, 0) is 18.2 Å². The third-order valence-electron chi connectivity index (χ3n) is 3.34. The van der Waals surface area contributed by atoms with E-state index in [2.05, 4.69) is 15.9 Å². The number of hydrogen-bond donors (Lipinski definition) is 1. The minimum Gasteiger partial charge on any atom is -0.490 e. The molecule has 1 heterocycles. The fourth-order valence-electron chi connectivity index (χ4n) is 2.27. The lowest BCUT2D eigenvalue weighted by Gasteiger charge is -2.32. The molecule has 1 saturated heterocycles. The third-order valence-corrected chi connectivity index (χ3v) is 4.74. The van der Waals surface area contributed by atoms with Gasteiger partial charge >= 0.3 is 5.97 Å². The Morgan fingerprint density at radius 3 is 2.68 bits per heavy atom. The second-order valence-electron chi connectivity index (χ2n) is 5.04. The fourth-order valence-corrected chi connectivity index (χ4v) is 3.28. The first-order valence-electron chi connectivity index (χ1n) is 7.04. The van der Waals surface area contributed by atoms with Crippen molar-refractivity contribution < 1.29 is 19.4 Å². The largest absolute Gasteiger partial charge is 0.490 e. The molecule has 0 atom stereocenters. The molecule has 1 aliphatic rings. The molecule has 22 heavy (non-hydrogen) atoms. The van der Waals surface area contributed by atoms with Crippen LogP contribution in [-0.2, 0) is 9.59 Å². The SMILES string of the molecule is O=C(O)CSCC(=O)N1CCC(Oc2cccc(Br)c2)CC1. The zero-order valence-corrected chi connectivity index (χ0v) is 14.4. The second-order valence-corrected chi connectivity index (χ2v) is 6.94. The molecule has 0 spiro atoms. The minimum atomic E-state index is -0.890. The summed E-state index contributed by atoms with van der Waals surface area (Å²) in [5.41, 5.74) is 0. The Kier molecular flexibility index (Phi) is 6.57. The van der Waals surface area contributed by atoms with Gasteiger partial charge in [0.05, 0.1) is 11.5 Å². The number of aliphatic carboxylic acids is 1. The Bertz CT molecular complexity index is 532. The summed E-state index contributed by atoms with van der Waals surface area (Å²) in [6, 6.07) is 7.73. The molecule has 1 amide bonds. The highest BCUT2D eigenvalue weighted by Crippen LogP contribution is 2.22. The van der Waals surface area contributed by atoms with E-state index in [0.29, 0.717) is 13.1 Å². The van der Waals surface area contributed by atoms with Crippen LogP contribution >= 0.6 is 27.7 Å². The van der Waals surface area contributed by atoms with Crippen molar-refractivity contribution in [2.45, 2.75) is 18.9 Å². The van der Waals surface area contributed by atoms with Gasteiger partial charge in [0.1, 0.15) is 11.9 Å². The zero-order chi connectivity index (χ0) is 15.9. The number of carboxylic acids is 1. The molecule has 1 aliphatic heterocycles. The molecule has 5 nitrogen and oxygen atoms in total. The van der Waals surface area contributed by atoms with Crippen LogP contribution in [0.2, 0.25) is 0 Å². The van der Waals surface area contributed by atoms with Crippen molar-refractivity contribution in [2.24, 2.45) is 0 Å². The normalized spacial score (nSPS) is 15.6. The van der Waals surface area contributed by atoms with Crippen LogP contribution in [0.15, 0.2) is 28.7 Å². The number of rotatable bonds is 6. The molecule has 0 unspecified atom stereocenters. The minimum absolute atomic E-state index is 0.00663. The number of thioether (sulfide) groups is 1. The van der Waals surface area contributed by atoms with Crippen LogP contribution in [0.4, 0.5) is 0 Å². The van der Waals surface area contributed by atoms with E-state index in [1.54, 1.807) is 4.90 Å². The number of carbonyl (C=O) groups is 2. The molecule has 1 aromatic carbocycles. The molecule has 0 aromatic heterocycles. The maximum atomic E-state index is 12.0. The number of carboxylic acid groups (broad SMARTS) is 1. The standard InChI is InChI=1S/C15H18BrNO4S/c16-11-2-1-3-13(8-11)21-12-4-6-17(7-5-12)14(18)9-22-10-15(19)20/h1-3,8,12H,4-7,9-10H2,(H,19,20). The number of carbonyl (C=O) groups excluding carboxylic acids is 1. The van der Waals surface area contributed by atoms with Gasteiger partial charge in [0.2, 0.25) is 5.91 Å². The number of ether oxygens (including phenoxy) is 1. The molecule has 7 heteroatoms. The average molecular weight is 388 g/mol. The molecule has 0 aliphatic carbocycles. The van der Waals surface area contributed by atoms with E-state index in [1.807, 2.05) is 24.3 Å². The summed E-state index contributed by atoms with van der Waals surface area (Å²) in [7, 11) is 0. The molecule has 0 bridgehead atoms. The van der Waals surface area contributed by atoms with E-state index in [1.165, 1.54) is 0 Å². The summed E-state index contributed by atoms with van der Waals surface area (Å²) >= 11 is 4.55. The van der Waals surface area contributed by atoms with Gasteiger partial charge in [0, 0.05) is 30.4 Å². The molecule has 1 fully saturated rings. The van der Waals surface area contributed by atoms with Crippen molar-refractivity contribution >= 4 is 39.6 Å². The maximum absolute atomic E-state index is 12.0. The van der Waals surface area contributed by atoms with Gasteiger partial charge in [-0.2, -0.15) is 0 Å². The fraction of sp³-hybridized carbons (Fsp3) is 0.467. The van der Waals surface area contributed by atoms with Gasteiger partial charge < -0.3 is 14.7 Å². The van der Waals surface area contributed by atoms with Crippen LogP contribution in [0, 0.1) is 0 Å². The van der Waals surface area contributed by atoms with E-state index < -0.39 is 5.97 Å². The molecule has 1 aromatic rings. The van der Waals surface area contributed by atoms with Crippen molar-refractivity contribution in [3.05, 3.63) is 28.7 Å². The first-order chi connectivity index (χ1) is 10.5. The number of halogens is 1. The molecular weight excluding hydrogens is 370 g/mol. The van der Waals surface area contributed by atoms with Crippen molar-refractivity contribution in [1.29, 1.82) is 0 Å². The highest BCUT2D eigenvalue weighted by molar-refractivity contribution is 9.10. The maximum Gasteiger partial charge on any atom is 0.313 e. The number of amides is 1. The van der Waals surface area contributed by atoms with E-state index in [0.717, 1.165) is 34.8 Å². The highest BCUT2D eigenvalue weighted by Gasteiger charge is 2.23. The van der Waals surface area contributed by atoms with E-state index in [9.17, 15) is 9.59 Å². The van der Waals surface area contributed by atoms with Crippen LogP contribution in [-0.4, -0.2) is 52.6 Å². The smallest absolute Gasteiger partial charge is 0.313 e. The van der Waals surface area contributed by atoms with Gasteiger partial charge in [0.15, 0.2) is 0 Å². The average Bonchev–Trinajstić information content (AvgIpc) is 2.47. The number of nitrogens with zero attached hydrogens (tertiary/aromatic N) is 1. The van der Waals surface area contributed by atoms with Crippen LogP contribution in [0.3, 0.4) is 0 Å². The van der Waals surface area contributed by atoms with Crippen molar-refractivity contribution in [3.63, 3.8) is 0 Å². The van der Waals surface area contributed by atoms with Crippen LogP contribution in [0.25, 0.3) is 0 Å². The Hall–Kier alpha value is -1.21. The first kappa shape index (κ1) is 17.1. The summed E-state index contributed by atoms with van der Waals surface area (Å²) in [4.78, 5) is 24.2. The highest BCUT2D eigenvalue weighted by atomic mass is 79.9. The second kappa shape index (κ2) is 8.43. The van der Waals surface area contributed by atoms with Crippen LogP contribution < -0.4 is 4.74 Å². The van der Waals surface area contributed by atoms with Crippen molar-refractivity contribution in [1.82, 2.24) is 4.90 Å². The molecule has 1 N–H and O–H groups in total. The van der Waals surface area contributed by atoms with Gasteiger partial charge in [-0.1, -0.05) is 22.0 Å². The number of piperidine rings is 1. The van der Waals surface area contributed by atoms with Gasteiger partial charge in [-0.25, -0.2) is 0 Å². The third kappa shape index (κ3) is 5.53. The van der Waals surface area contributed by atoms with Gasteiger partial charge in [0.25, 0.3) is 0 Å². The predicted molar refractivity (Wildman–Crippen MR) is 89.3 cm³/mol. The number of hydrogen-bond acceptors (Lipinski definition) is 4. The number of benzene rings is 1. The van der Waals surface area contributed by atoms with Crippen molar-refractivity contribution in [3.8, 4) is 5.75 Å². The molecule has 2 rings (SSSR count). The quantitative estimate of drug-likeness (QED) is 0.812. The Morgan fingerprint density at radius 2 is 2.05 bits per heavy atom. The van der Waals surface area contributed by atoms with Crippen LogP contribution in [0.5, 0.6) is 5.75 Å². The zero-order valence-electron chi connectivity index (χ0n) is 12.0. The Morgan fingerprint density at radius 1 is 1.32 bits per heavy atom. The molecule has 0 saturated carbocycles. The summed E-state index contributed by atoms with van der Waals surface area (Å²) in [5.74, 6) is 0.139. The monoisotopic (exact) mass is 387 g/mol. The summed E-state index contributed by atoms with van der Waals surface area (Å²) < 4.78 is 6.91. The summed E-state index contributed by atoms with van der Waals surface area (Å²) in [5, 5.41) is 8.57. The molecular formula is C15H18BrNO4S. The van der Waals surface area contributed by atoms with Crippen LogP contribution in [0.1, 0.15) is 12.8 Å². The number of likely N-dealkylation sites (tertiary alicyclic amines) is 1. The lowest BCUT2D eigenvalue weighted by molar-refractivity contribution is -0.133. The Labute approximate surface area is 142 Å². The predicted octanol–water partition coefficient (Wildman–Crippen LogP) is 2.64. The summed E-state index contributed by atoms with van der Waals surface area (Å²) in [6.45, 7) is 1.32. The van der Waals surface area contributed by atoms with E-state index >= 15 is 0 Å². The Balaban J connectivity index is 1.73. The van der Waals surface area contributed by atoms with Gasteiger partial charge in [-0.15, -0.1) is 11.8 Å².